The Bertz CT molecular complexity index is 1130. The van der Waals surface area contributed by atoms with Gasteiger partial charge in [-0.1, -0.05) is 19.9 Å². The Morgan fingerprint density at radius 3 is 2.49 bits per heavy atom. The van der Waals surface area contributed by atoms with E-state index in [0.29, 0.717) is 11.8 Å². The molecule has 0 radical (unpaired) electrons. The lowest BCUT2D eigenvalue weighted by molar-refractivity contribution is -0.230. The van der Waals surface area contributed by atoms with Gasteiger partial charge >= 0.3 is 5.97 Å². The SMILES string of the molecule is CC1C[C@H]2[C@@H]3CC(F)C4=CC(=O)C=C[C@]4(C)C3(F)C(O)C[C@]2(C)C1(OC(=O)C1CC(=O)C1)C(=O)SCF. The van der Waals surface area contributed by atoms with E-state index < -0.39 is 80.9 Å². The largest absolute Gasteiger partial charge is 0.449 e. The Balaban J connectivity index is 1.60. The van der Waals surface area contributed by atoms with Crippen molar-refractivity contribution in [2.24, 2.45) is 34.5 Å². The van der Waals surface area contributed by atoms with Gasteiger partial charge in [-0.05, 0) is 61.6 Å². The maximum atomic E-state index is 17.3. The van der Waals surface area contributed by atoms with Gasteiger partial charge in [-0.3, -0.25) is 19.2 Å². The van der Waals surface area contributed by atoms with Gasteiger partial charge in [-0.25, -0.2) is 13.2 Å². The zero-order valence-electron chi connectivity index (χ0n) is 21.0. The Hall–Kier alpha value is -1.94. The zero-order valence-corrected chi connectivity index (χ0v) is 21.8. The van der Waals surface area contributed by atoms with Crippen molar-refractivity contribution in [3.8, 4) is 0 Å². The van der Waals surface area contributed by atoms with Gasteiger partial charge in [0.25, 0.3) is 0 Å². The van der Waals surface area contributed by atoms with Crippen LogP contribution in [-0.4, -0.2) is 57.3 Å². The average molecular weight is 541 g/mol. The summed E-state index contributed by atoms with van der Waals surface area (Å²) < 4.78 is 52.4. The molecule has 5 unspecified atom stereocenters. The molecule has 0 bridgehead atoms. The summed E-state index contributed by atoms with van der Waals surface area (Å²) in [4.78, 5) is 50.1. The van der Waals surface area contributed by atoms with Gasteiger partial charge in [0.15, 0.2) is 17.1 Å². The molecule has 0 amide bonds. The topological polar surface area (TPSA) is 97.7 Å². The molecule has 0 spiro atoms. The number of esters is 1. The summed E-state index contributed by atoms with van der Waals surface area (Å²) in [7, 11) is 0. The van der Waals surface area contributed by atoms with Crippen molar-refractivity contribution in [3.05, 3.63) is 23.8 Å². The zero-order chi connectivity index (χ0) is 27.1. The van der Waals surface area contributed by atoms with Crippen LogP contribution < -0.4 is 0 Å². The first kappa shape index (κ1) is 26.7. The predicted molar refractivity (Wildman–Crippen MR) is 128 cm³/mol. The first-order valence-electron chi connectivity index (χ1n) is 12.7. The van der Waals surface area contributed by atoms with Crippen LogP contribution >= 0.6 is 11.8 Å². The second-order valence-corrected chi connectivity index (χ2v) is 12.7. The van der Waals surface area contributed by atoms with E-state index in [0.717, 1.165) is 6.08 Å². The van der Waals surface area contributed by atoms with Crippen LogP contribution in [0.5, 0.6) is 0 Å². The Morgan fingerprint density at radius 2 is 1.86 bits per heavy atom. The van der Waals surface area contributed by atoms with Gasteiger partial charge in [0, 0.05) is 35.5 Å². The van der Waals surface area contributed by atoms with E-state index in [4.69, 9.17) is 4.74 Å². The van der Waals surface area contributed by atoms with E-state index in [1.165, 1.54) is 19.1 Å². The second-order valence-electron chi connectivity index (χ2n) is 11.8. The Morgan fingerprint density at radius 1 is 1.19 bits per heavy atom. The number of hydrogen-bond donors (Lipinski definition) is 1. The minimum atomic E-state index is -2.35. The number of aliphatic hydroxyl groups is 1. The number of allylic oxidation sites excluding steroid dienone is 4. The van der Waals surface area contributed by atoms with Crippen molar-refractivity contribution >= 4 is 34.4 Å². The first-order chi connectivity index (χ1) is 17.3. The van der Waals surface area contributed by atoms with Crippen molar-refractivity contribution in [1.82, 2.24) is 0 Å². The first-order valence-corrected chi connectivity index (χ1v) is 13.7. The third-order valence-electron chi connectivity index (χ3n) is 10.2. The highest BCUT2D eigenvalue weighted by atomic mass is 32.2. The molecule has 0 saturated heterocycles. The Labute approximate surface area is 217 Å². The van der Waals surface area contributed by atoms with Crippen molar-refractivity contribution in [3.63, 3.8) is 0 Å². The molecule has 4 fully saturated rings. The molecule has 5 rings (SSSR count). The van der Waals surface area contributed by atoms with Crippen molar-refractivity contribution in [1.29, 1.82) is 0 Å². The molecule has 37 heavy (non-hydrogen) atoms. The molecule has 4 saturated carbocycles. The number of halogens is 3. The lowest BCUT2D eigenvalue weighted by Gasteiger charge is -2.63. The molecule has 9 atom stereocenters. The lowest BCUT2D eigenvalue weighted by atomic mass is 9.44. The molecule has 1 N–H and O–H groups in total. The van der Waals surface area contributed by atoms with E-state index in [9.17, 15) is 28.7 Å². The van der Waals surface area contributed by atoms with Crippen LogP contribution in [0.25, 0.3) is 0 Å². The second kappa shape index (κ2) is 8.53. The number of Topliss-reactive ketones (excluding diaryl/α,β-unsaturated/α-hetero) is 1. The third kappa shape index (κ3) is 3.30. The summed E-state index contributed by atoms with van der Waals surface area (Å²) in [6, 6.07) is -1.07. The molecule has 10 heteroatoms. The van der Waals surface area contributed by atoms with E-state index in [-0.39, 0.29) is 43.5 Å². The van der Waals surface area contributed by atoms with Crippen LogP contribution in [0.15, 0.2) is 23.8 Å². The quantitative estimate of drug-likeness (QED) is 0.539. The number of ketones is 2. The number of carbonyl (C=O) groups is 4. The highest BCUT2D eigenvalue weighted by molar-refractivity contribution is 8.13. The number of hydrogen-bond acceptors (Lipinski definition) is 7. The number of alkyl halides is 3. The molecule has 5 aliphatic carbocycles. The van der Waals surface area contributed by atoms with E-state index in [2.05, 4.69) is 0 Å². The normalized spacial score (nSPS) is 46.9. The molecule has 0 aromatic rings. The smallest absolute Gasteiger partial charge is 0.310 e. The molecule has 0 aromatic heterocycles. The highest BCUT2D eigenvalue weighted by Crippen LogP contribution is 2.72. The Kier molecular flexibility index (Phi) is 6.15. The van der Waals surface area contributed by atoms with Crippen LogP contribution in [0.4, 0.5) is 13.2 Å². The average Bonchev–Trinajstić information content (AvgIpc) is 3.02. The molecule has 5 aliphatic rings. The number of aliphatic hydroxyl groups excluding tert-OH is 1. The number of carbonyl (C=O) groups excluding carboxylic acids is 4. The summed E-state index contributed by atoms with van der Waals surface area (Å²) in [5.41, 5.74) is -7.14. The van der Waals surface area contributed by atoms with Crippen LogP contribution in [-0.2, 0) is 23.9 Å². The number of ether oxygens (including phenoxy) is 1. The number of rotatable bonds is 4. The van der Waals surface area contributed by atoms with Gasteiger partial charge in [-0.2, -0.15) is 0 Å². The maximum Gasteiger partial charge on any atom is 0.310 e. The minimum absolute atomic E-state index is 0.00518. The summed E-state index contributed by atoms with van der Waals surface area (Å²) in [6.07, 6.45) is -0.123. The number of thioether (sulfide) groups is 1. The van der Waals surface area contributed by atoms with Gasteiger partial charge < -0.3 is 9.84 Å². The molecule has 0 heterocycles. The van der Waals surface area contributed by atoms with E-state index in [1.54, 1.807) is 13.8 Å². The van der Waals surface area contributed by atoms with Gasteiger partial charge in [-0.15, -0.1) is 0 Å². The summed E-state index contributed by atoms with van der Waals surface area (Å²) in [5, 5.41) is 10.7. The maximum absolute atomic E-state index is 17.3. The summed E-state index contributed by atoms with van der Waals surface area (Å²) in [6.45, 7) is 4.80. The van der Waals surface area contributed by atoms with Gasteiger partial charge in [0.2, 0.25) is 5.12 Å². The fourth-order valence-corrected chi connectivity index (χ4v) is 9.06. The van der Waals surface area contributed by atoms with Crippen LogP contribution in [0.2, 0.25) is 0 Å². The molecule has 0 aromatic carbocycles. The van der Waals surface area contributed by atoms with Gasteiger partial charge in [0.1, 0.15) is 18.0 Å². The van der Waals surface area contributed by atoms with Crippen LogP contribution in [0.1, 0.15) is 52.9 Å². The fourth-order valence-electron chi connectivity index (χ4n) is 8.27. The minimum Gasteiger partial charge on any atom is -0.449 e. The summed E-state index contributed by atoms with van der Waals surface area (Å²) in [5.74, 6) is -4.42. The molecular formula is C27H31F3O6S. The standard InChI is InChI=1S/C27H31F3O6S/c1-13-6-17-18-10-20(29)19-9-15(31)4-5-24(19,2)26(18,30)21(33)11-25(17,3)27(13,23(35)37-12-28)36-22(34)14-7-16(32)8-14/h4-5,9,13-14,17-18,20-21,33H,6-8,10-12H2,1-3H3/t13?,17-,18-,20?,21?,24-,25-,26?,27?/m0/s1. The number of fused-ring (bicyclic) bond motifs is 5. The van der Waals surface area contributed by atoms with E-state index in [1.807, 2.05) is 0 Å². The fraction of sp³-hybridized carbons (Fsp3) is 0.704. The van der Waals surface area contributed by atoms with Crippen LogP contribution in [0.3, 0.4) is 0 Å². The molecule has 0 aliphatic heterocycles. The molecule has 202 valence electrons. The van der Waals surface area contributed by atoms with Crippen LogP contribution in [0, 0.1) is 34.5 Å². The third-order valence-corrected chi connectivity index (χ3v) is 10.9. The van der Waals surface area contributed by atoms with Crippen molar-refractivity contribution in [2.45, 2.75) is 76.4 Å². The monoisotopic (exact) mass is 540 g/mol. The van der Waals surface area contributed by atoms with Gasteiger partial charge in [0.05, 0.1) is 12.0 Å². The van der Waals surface area contributed by atoms with Crippen molar-refractivity contribution < 1.29 is 42.2 Å². The van der Waals surface area contributed by atoms with Crippen molar-refractivity contribution in [2.75, 3.05) is 6.01 Å². The molecule has 6 nitrogen and oxygen atoms in total. The predicted octanol–water partition coefficient (Wildman–Crippen LogP) is 4.00. The lowest BCUT2D eigenvalue weighted by Crippen LogP contribution is -2.70. The summed E-state index contributed by atoms with van der Waals surface area (Å²) >= 11 is 0.356. The van der Waals surface area contributed by atoms with E-state index >= 15 is 8.78 Å². The highest BCUT2D eigenvalue weighted by Gasteiger charge is 2.78. The molecular weight excluding hydrogens is 509 g/mol.